The third-order valence-electron chi connectivity index (χ3n) is 12.3. The number of nitrogens with zero attached hydrogens (tertiary/aromatic N) is 1. The second-order valence-electron chi connectivity index (χ2n) is 20.5. The zero-order valence-electron chi connectivity index (χ0n) is 47.6. The Labute approximate surface area is 449 Å². The standard InChI is InChI=1S/C63H109N2O7P/c1-7-10-13-16-19-22-25-27-28-29-30-31-32-33-34-35-36-38-40-43-46-49-52-55-62(66)64-60(59-71-73(68,69)70-58-57-65(4,5)6)61(54-51-48-45-42-39-24-21-18-15-12-9-3)72-63(67)56-53-50-47-44-41-37-26-23-20-17-14-11-8-2/h10-11,13-14,17,19-20,22-23,26-28,30-31,33-34,51,54,60-61H,7-9,12,15-16,18,21,24-25,29,32,35-50,52-53,55-59H2,1-6H3,(H-,64,66,68,69)/p+1/b13-10-,14-11+,20-17+,22-19-,26-23-,28-27-,31-30-,34-33-,54-51-. The van der Waals surface area contributed by atoms with Crippen LogP contribution in [-0.4, -0.2) is 74.3 Å². The maximum absolute atomic E-state index is 13.5. The number of phosphoric acid groups is 1. The number of carbonyl (C=O) groups excluding carboxylic acids is 2. The lowest BCUT2D eigenvalue weighted by Crippen LogP contribution is -2.47. The molecule has 0 aliphatic rings. The van der Waals surface area contributed by atoms with Crippen LogP contribution in [0.2, 0.25) is 0 Å². The maximum atomic E-state index is 13.5. The number of unbranched alkanes of at least 4 members (excludes halogenated alkanes) is 21. The number of amides is 1. The van der Waals surface area contributed by atoms with Crippen molar-refractivity contribution in [3.63, 3.8) is 0 Å². The number of nitrogens with one attached hydrogen (secondary N) is 1. The van der Waals surface area contributed by atoms with Crippen molar-refractivity contribution in [2.45, 2.75) is 238 Å². The van der Waals surface area contributed by atoms with E-state index in [9.17, 15) is 19.0 Å². The van der Waals surface area contributed by atoms with Crippen molar-refractivity contribution in [1.82, 2.24) is 5.32 Å². The number of ether oxygens (including phenoxy) is 1. The van der Waals surface area contributed by atoms with Crippen LogP contribution in [0.5, 0.6) is 0 Å². The number of carbonyl (C=O) groups is 2. The van der Waals surface area contributed by atoms with Gasteiger partial charge in [0.05, 0.1) is 33.8 Å². The molecule has 0 saturated heterocycles. The lowest BCUT2D eigenvalue weighted by Gasteiger charge is -2.27. The van der Waals surface area contributed by atoms with Gasteiger partial charge in [-0.3, -0.25) is 18.6 Å². The average Bonchev–Trinajstić information content (AvgIpc) is 3.35. The third kappa shape index (κ3) is 53.3. The quantitative estimate of drug-likeness (QED) is 0.0156. The molecule has 3 unspecified atom stereocenters. The zero-order valence-corrected chi connectivity index (χ0v) is 48.5. The number of rotatable bonds is 51. The summed E-state index contributed by atoms with van der Waals surface area (Å²) in [6, 6.07) is -0.869. The van der Waals surface area contributed by atoms with Crippen molar-refractivity contribution < 1.29 is 37.3 Å². The molecule has 2 N–H and O–H groups in total. The summed E-state index contributed by atoms with van der Waals surface area (Å²) in [7, 11) is 1.46. The highest BCUT2D eigenvalue weighted by atomic mass is 31.2. The molecule has 0 spiro atoms. The fourth-order valence-electron chi connectivity index (χ4n) is 7.79. The molecule has 1 amide bonds. The molecule has 0 aromatic heterocycles. The van der Waals surface area contributed by atoms with E-state index < -0.39 is 20.0 Å². The molecule has 0 fully saturated rings. The molecule has 9 nitrogen and oxygen atoms in total. The van der Waals surface area contributed by atoms with E-state index in [2.05, 4.69) is 123 Å². The van der Waals surface area contributed by atoms with E-state index in [-0.39, 0.29) is 31.5 Å². The number of phosphoric ester groups is 1. The number of likely N-dealkylation sites (N-methyl/N-ethyl adjacent to an activating group) is 1. The van der Waals surface area contributed by atoms with Crippen molar-refractivity contribution >= 4 is 19.7 Å². The van der Waals surface area contributed by atoms with Crippen molar-refractivity contribution in [2.75, 3.05) is 40.9 Å². The molecule has 418 valence electrons. The van der Waals surface area contributed by atoms with E-state index in [1.165, 1.54) is 64.2 Å². The van der Waals surface area contributed by atoms with Crippen LogP contribution in [0, 0.1) is 0 Å². The minimum absolute atomic E-state index is 0.0284. The highest BCUT2D eigenvalue weighted by molar-refractivity contribution is 7.47. The Balaban J connectivity index is 5.26. The molecule has 73 heavy (non-hydrogen) atoms. The summed E-state index contributed by atoms with van der Waals surface area (Å²) in [6.45, 7) is 6.71. The van der Waals surface area contributed by atoms with Gasteiger partial charge in [-0.1, -0.05) is 227 Å². The largest absolute Gasteiger partial charge is 0.472 e. The molecular formula is C63H110N2O7P+. The molecule has 10 heteroatoms. The van der Waals surface area contributed by atoms with Gasteiger partial charge >= 0.3 is 13.8 Å². The molecule has 0 aliphatic heterocycles. The van der Waals surface area contributed by atoms with Crippen LogP contribution in [0.1, 0.15) is 226 Å². The Bertz CT molecular complexity index is 1620. The smallest absolute Gasteiger partial charge is 0.456 e. The van der Waals surface area contributed by atoms with E-state index in [1.54, 1.807) is 0 Å². The van der Waals surface area contributed by atoms with Gasteiger partial charge in [-0.15, -0.1) is 0 Å². The lowest BCUT2D eigenvalue weighted by molar-refractivity contribution is -0.870. The molecular weight excluding hydrogens is 928 g/mol. The van der Waals surface area contributed by atoms with Gasteiger partial charge in [-0.2, -0.15) is 0 Å². The Morgan fingerprint density at radius 1 is 0.507 bits per heavy atom. The van der Waals surface area contributed by atoms with E-state index in [4.69, 9.17) is 13.8 Å². The number of hydrogen-bond acceptors (Lipinski definition) is 6. The maximum Gasteiger partial charge on any atom is 0.472 e. The molecule has 0 aromatic rings. The fourth-order valence-corrected chi connectivity index (χ4v) is 8.52. The van der Waals surface area contributed by atoms with Gasteiger partial charge in [0.1, 0.15) is 19.3 Å². The second kappa shape index (κ2) is 52.1. The van der Waals surface area contributed by atoms with E-state index in [0.29, 0.717) is 23.9 Å². The summed E-state index contributed by atoms with van der Waals surface area (Å²) >= 11 is 0. The summed E-state index contributed by atoms with van der Waals surface area (Å²) in [4.78, 5) is 37.6. The first-order valence-electron chi connectivity index (χ1n) is 29.2. The Kier molecular flexibility index (Phi) is 49.7. The van der Waals surface area contributed by atoms with Gasteiger partial charge in [0.25, 0.3) is 0 Å². The van der Waals surface area contributed by atoms with Crippen molar-refractivity contribution in [1.29, 1.82) is 0 Å². The van der Waals surface area contributed by atoms with Gasteiger partial charge in [-0.25, -0.2) is 4.57 Å². The minimum atomic E-state index is -4.46. The second-order valence-corrected chi connectivity index (χ2v) is 21.9. The van der Waals surface area contributed by atoms with Gasteiger partial charge < -0.3 is 19.4 Å². The fraction of sp³-hybridized carbons (Fsp3) is 0.683. The minimum Gasteiger partial charge on any atom is -0.456 e. The molecule has 0 saturated carbocycles. The monoisotopic (exact) mass is 1040 g/mol. The predicted octanol–water partition coefficient (Wildman–Crippen LogP) is 17.8. The van der Waals surface area contributed by atoms with E-state index >= 15 is 0 Å². The van der Waals surface area contributed by atoms with Crippen molar-refractivity contribution in [3.05, 3.63) is 109 Å². The SMILES string of the molecule is CC/C=C\C/C=C\C/C=C\C/C=C\C/C=C\CCCCCCCCCC(=O)NC(COP(=O)(O)OCC[N+](C)(C)C)C(/C=C\CCCCCCCCCCC)OC(=O)CCCCCCC\C=C/C=C/C=C/CC. The Hall–Kier alpha value is -3.33. The number of hydrogen-bond donors (Lipinski definition) is 2. The van der Waals surface area contributed by atoms with E-state index in [1.807, 2.05) is 33.3 Å². The van der Waals surface area contributed by atoms with Crippen LogP contribution >= 0.6 is 7.82 Å². The lowest BCUT2D eigenvalue weighted by atomic mass is 10.1. The first-order chi connectivity index (χ1) is 35.4. The molecule has 3 atom stereocenters. The van der Waals surface area contributed by atoms with Gasteiger partial charge in [-0.05, 0) is 96.0 Å². The van der Waals surface area contributed by atoms with Crippen LogP contribution in [-0.2, 0) is 27.9 Å². The van der Waals surface area contributed by atoms with Crippen molar-refractivity contribution in [3.8, 4) is 0 Å². The molecule has 0 rings (SSSR count). The van der Waals surface area contributed by atoms with Crippen LogP contribution in [0.15, 0.2) is 109 Å². The zero-order chi connectivity index (χ0) is 53.6. The average molecular weight is 1040 g/mol. The summed E-state index contributed by atoms with van der Waals surface area (Å²) in [5.74, 6) is -0.551. The summed E-state index contributed by atoms with van der Waals surface area (Å²) in [6.07, 6.45) is 70.9. The van der Waals surface area contributed by atoms with Crippen LogP contribution in [0.25, 0.3) is 0 Å². The summed E-state index contributed by atoms with van der Waals surface area (Å²) in [5.41, 5.74) is 0. The van der Waals surface area contributed by atoms with Crippen LogP contribution in [0.4, 0.5) is 0 Å². The highest BCUT2D eigenvalue weighted by Gasteiger charge is 2.30. The van der Waals surface area contributed by atoms with Gasteiger partial charge in [0.2, 0.25) is 5.91 Å². The summed E-state index contributed by atoms with van der Waals surface area (Å²) in [5, 5.41) is 3.03. The summed E-state index contributed by atoms with van der Waals surface area (Å²) < 4.78 is 30.6. The van der Waals surface area contributed by atoms with E-state index in [0.717, 1.165) is 122 Å². The third-order valence-corrected chi connectivity index (χ3v) is 13.3. The molecule has 0 aromatic carbocycles. The number of quaternary nitrogens is 1. The van der Waals surface area contributed by atoms with Crippen LogP contribution in [0.3, 0.4) is 0 Å². The first-order valence-corrected chi connectivity index (χ1v) is 30.7. The number of esters is 1. The Morgan fingerprint density at radius 2 is 0.945 bits per heavy atom. The Morgan fingerprint density at radius 3 is 1.47 bits per heavy atom. The molecule has 0 heterocycles. The molecule has 0 aliphatic carbocycles. The topological polar surface area (TPSA) is 111 Å². The highest BCUT2D eigenvalue weighted by Crippen LogP contribution is 2.43. The van der Waals surface area contributed by atoms with Crippen molar-refractivity contribution in [2.24, 2.45) is 0 Å². The van der Waals surface area contributed by atoms with Gasteiger partial charge in [0.15, 0.2) is 0 Å². The normalized spacial score (nSPS) is 14.6. The number of allylic oxidation sites excluding steroid dienone is 17. The first kappa shape index (κ1) is 69.7. The molecule has 0 radical (unpaired) electrons. The molecule has 0 bridgehead atoms. The van der Waals surface area contributed by atoms with Gasteiger partial charge in [0, 0.05) is 12.8 Å². The van der Waals surface area contributed by atoms with Crippen LogP contribution < -0.4 is 5.32 Å². The predicted molar refractivity (Wildman–Crippen MR) is 313 cm³/mol.